The van der Waals surface area contributed by atoms with Gasteiger partial charge in [0.15, 0.2) is 0 Å². The molecule has 0 saturated carbocycles. The van der Waals surface area contributed by atoms with Crippen molar-refractivity contribution >= 4 is 6.29 Å². The van der Waals surface area contributed by atoms with E-state index in [0.717, 1.165) is 39.0 Å². The molecule has 0 bridgehead atoms. The van der Waals surface area contributed by atoms with Gasteiger partial charge in [0.25, 0.3) is 0 Å². The number of hydrogen-bond acceptors (Lipinski definition) is 3. The van der Waals surface area contributed by atoms with Gasteiger partial charge in [-0.25, -0.2) is 0 Å². The summed E-state index contributed by atoms with van der Waals surface area (Å²) in [6, 6.07) is 0. The molecule has 0 spiro atoms. The van der Waals surface area contributed by atoms with Crippen molar-refractivity contribution in [1.82, 2.24) is 4.90 Å². The molecular weight excluding hydrogens is 190 g/mol. The summed E-state index contributed by atoms with van der Waals surface area (Å²) in [5.41, 5.74) is 0.900. The number of aldehydes is 1. The Bertz CT molecular complexity index is 240. The Labute approximate surface area is 92.1 Å². The number of hydrogen-bond donors (Lipinski definition) is 0. The summed E-state index contributed by atoms with van der Waals surface area (Å²) in [7, 11) is 0. The van der Waals surface area contributed by atoms with E-state index in [1.807, 2.05) is 6.92 Å². The minimum Gasteiger partial charge on any atom is -0.379 e. The van der Waals surface area contributed by atoms with Crippen LogP contribution in [0.15, 0.2) is 11.6 Å². The first-order valence-corrected chi connectivity index (χ1v) is 5.51. The second-order valence-electron chi connectivity index (χ2n) is 4.56. The van der Waals surface area contributed by atoms with Crippen molar-refractivity contribution in [2.75, 3.05) is 26.3 Å². The first-order valence-electron chi connectivity index (χ1n) is 5.51. The molecule has 0 aliphatic carbocycles. The molecule has 0 aromatic heterocycles. The molecule has 0 amide bonds. The van der Waals surface area contributed by atoms with E-state index in [0.29, 0.717) is 0 Å². The summed E-state index contributed by atoms with van der Waals surface area (Å²) in [5.74, 6) is 0. The third-order valence-corrected chi connectivity index (χ3v) is 2.91. The lowest BCUT2D eigenvalue weighted by atomic mass is 9.95. The second kappa shape index (κ2) is 5.42. The summed E-state index contributed by atoms with van der Waals surface area (Å²) in [6.07, 6.45) is 3.99. The van der Waals surface area contributed by atoms with E-state index < -0.39 is 0 Å². The average Bonchev–Trinajstić information content (AvgIpc) is 2.27. The monoisotopic (exact) mass is 211 g/mol. The van der Waals surface area contributed by atoms with Crippen molar-refractivity contribution in [3.8, 4) is 0 Å². The number of carbonyl (C=O) groups excluding carboxylic acids is 1. The van der Waals surface area contributed by atoms with E-state index in [9.17, 15) is 4.79 Å². The quantitative estimate of drug-likeness (QED) is 0.523. The molecule has 0 N–H and O–H groups in total. The van der Waals surface area contributed by atoms with Crippen LogP contribution in [0.5, 0.6) is 0 Å². The maximum absolute atomic E-state index is 11.2. The fraction of sp³-hybridized carbons (Fsp3) is 0.750. The molecule has 3 nitrogen and oxygen atoms in total. The highest BCUT2D eigenvalue weighted by Gasteiger charge is 2.31. The second-order valence-corrected chi connectivity index (χ2v) is 4.56. The Morgan fingerprint density at radius 1 is 1.40 bits per heavy atom. The standard InChI is InChI=1S/C12H21NO2/c1-11(2)4-5-12(3,10-14)13-6-8-15-9-7-13/h4,10H,5-9H2,1-3H3. The van der Waals surface area contributed by atoms with Crippen molar-refractivity contribution in [2.24, 2.45) is 0 Å². The van der Waals surface area contributed by atoms with Crippen molar-refractivity contribution in [2.45, 2.75) is 32.7 Å². The zero-order valence-corrected chi connectivity index (χ0v) is 9.95. The average molecular weight is 211 g/mol. The van der Waals surface area contributed by atoms with E-state index in [4.69, 9.17) is 4.74 Å². The molecule has 1 aliphatic rings. The van der Waals surface area contributed by atoms with Gasteiger partial charge in [0.1, 0.15) is 6.29 Å². The fourth-order valence-electron chi connectivity index (χ4n) is 1.74. The van der Waals surface area contributed by atoms with Gasteiger partial charge in [-0.2, -0.15) is 0 Å². The zero-order valence-electron chi connectivity index (χ0n) is 9.95. The molecule has 0 aromatic carbocycles. The Hall–Kier alpha value is -0.670. The number of nitrogens with zero attached hydrogens (tertiary/aromatic N) is 1. The molecule has 1 rings (SSSR count). The Morgan fingerprint density at radius 3 is 2.47 bits per heavy atom. The number of carbonyl (C=O) groups is 1. The summed E-state index contributed by atoms with van der Waals surface area (Å²) in [5, 5.41) is 0. The lowest BCUT2D eigenvalue weighted by Gasteiger charge is -2.39. The van der Waals surface area contributed by atoms with Crippen LogP contribution in [0.25, 0.3) is 0 Å². The molecule has 1 atom stereocenters. The third kappa shape index (κ3) is 3.43. The highest BCUT2D eigenvalue weighted by molar-refractivity contribution is 5.64. The van der Waals surface area contributed by atoms with Gasteiger partial charge in [-0.1, -0.05) is 11.6 Å². The first-order chi connectivity index (χ1) is 7.08. The van der Waals surface area contributed by atoms with Crippen LogP contribution in [0, 0.1) is 0 Å². The van der Waals surface area contributed by atoms with Crippen molar-refractivity contribution in [1.29, 1.82) is 0 Å². The molecular formula is C12H21NO2. The minimum atomic E-state index is -0.360. The fourth-order valence-corrected chi connectivity index (χ4v) is 1.74. The molecule has 1 unspecified atom stereocenters. The zero-order chi connectivity index (χ0) is 11.3. The summed E-state index contributed by atoms with van der Waals surface area (Å²) in [6.45, 7) is 9.30. The van der Waals surface area contributed by atoms with Crippen molar-refractivity contribution < 1.29 is 9.53 Å². The number of allylic oxidation sites excluding steroid dienone is 1. The van der Waals surface area contributed by atoms with Gasteiger partial charge in [-0.05, 0) is 27.2 Å². The van der Waals surface area contributed by atoms with E-state index in [-0.39, 0.29) is 5.54 Å². The Morgan fingerprint density at radius 2 is 2.00 bits per heavy atom. The largest absolute Gasteiger partial charge is 0.379 e. The summed E-state index contributed by atoms with van der Waals surface area (Å²) >= 11 is 0. The van der Waals surface area contributed by atoms with Gasteiger partial charge >= 0.3 is 0 Å². The van der Waals surface area contributed by atoms with Crippen LogP contribution in [-0.4, -0.2) is 43.0 Å². The predicted molar refractivity (Wildman–Crippen MR) is 60.9 cm³/mol. The normalized spacial score (nSPS) is 21.8. The predicted octanol–water partition coefficient (Wildman–Crippen LogP) is 1.63. The van der Waals surface area contributed by atoms with Gasteiger partial charge in [-0.3, -0.25) is 4.90 Å². The molecule has 1 heterocycles. The topological polar surface area (TPSA) is 29.5 Å². The highest BCUT2D eigenvalue weighted by Crippen LogP contribution is 2.19. The molecule has 15 heavy (non-hydrogen) atoms. The van der Waals surface area contributed by atoms with Gasteiger partial charge < -0.3 is 9.53 Å². The summed E-state index contributed by atoms with van der Waals surface area (Å²) in [4.78, 5) is 13.4. The van der Waals surface area contributed by atoms with Crippen LogP contribution >= 0.6 is 0 Å². The first kappa shape index (κ1) is 12.4. The molecule has 86 valence electrons. The van der Waals surface area contributed by atoms with Crippen LogP contribution in [0.3, 0.4) is 0 Å². The van der Waals surface area contributed by atoms with Gasteiger partial charge in [0, 0.05) is 13.1 Å². The minimum absolute atomic E-state index is 0.360. The molecule has 1 fully saturated rings. The maximum Gasteiger partial charge on any atom is 0.140 e. The van der Waals surface area contributed by atoms with E-state index in [1.165, 1.54) is 5.57 Å². The molecule has 0 aromatic rings. The lowest BCUT2D eigenvalue weighted by Crippen LogP contribution is -2.52. The number of rotatable bonds is 4. The van der Waals surface area contributed by atoms with Crippen molar-refractivity contribution in [3.63, 3.8) is 0 Å². The Balaban J connectivity index is 2.64. The van der Waals surface area contributed by atoms with Crippen LogP contribution in [-0.2, 0) is 9.53 Å². The van der Waals surface area contributed by atoms with Crippen LogP contribution in [0.1, 0.15) is 27.2 Å². The van der Waals surface area contributed by atoms with E-state index in [1.54, 1.807) is 0 Å². The van der Waals surface area contributed by atoms with Gasteiger partial charge in [0.2, 0.25) is 0 Å². The van der Waals surface area contributed by atoms with Gasteiger partial charge in [0.05, 0.1) is 18.8 Å². The maximum atomic E-state index is 11.2. The number of morpholine rings is 1. The summed E-state index contributed by atoms with van der Waals surface area (Å²) < 4.78 is 5.29. The molecule has 1 saturated heterocycles. The third-order valence-electron chi connectivity index (χ3n) is 2.91. The number of ether oxygens (including phenoxy) is 1. The van der Waals surface area contributed by atoms with Crippen LogP contribution in [0.4, 0.5) is 0 Å². The van der Waals surface area contributed by atoms with E-state index in [2.05, 4.69) is 24.8 Å². The van der Waals surface area contributed by atoms with Gasteiger partial charge in [-0.15, -0.1) is 0 Å². The Kier molecular flexibility index (Phi) is 4.48. The van der Waals surface area contributed by atoms with Crippen LogP contribution < -0.4 is 0 Å². The van der Waals surface area contributed by atoms with E-state index >= 15 is 0 Å². The highest BCUT2D eigenvalue weighted by atomic mass is 16.5. The molecule has 1 aliphatic heterocycles. The molecule has 3 heteroatoms. The smallest absolute Gasteiger partial charge is 0.140 e. The SMILES string of the molecule is CC(C)=CCC(C)(C=O)N1CCOCC1. The molecule has 0 radical (unpaired) electrons. The lowest BCUT2D eigenvalue weighted by molar-refractivity contribution is -0.120. The van der Waals surface area contributed by atoms with Crippen LogP contribution in [0.2, 0.25) is 0 Å². The van der Waals surface area contributed by atoms with Crippen molar-refractivity contribution in [3.05, 3.63) is 11.6 Å².